The van der Waals surface area contributed by atoms with Crippen LogP contribution in [0.1, 0.15) is 10.5 Å². The molecule has 2 aromatic heterocycles. The van der Waals surface area contributed by atoms with Crippen molar-refractivity contribution in [2.45, 2.75) is 0 Å². The second kappa shape index (κ2) is 8.95. The summed E-state index contributed by atoms with van der Waals surface area (Å²) in [6.45, 7) is 2.59. The number of benzene rings is 1. The Bertz CT molecular complexity index is 1000. The maximum absolute atomic E-state index is 12.8. The summed E-state index contributed by atoms with van der Waals surface area (Å²) in [5.74, 6) is 1.90. The second-order valence-corrected chi connectivity index (χ2v) is 7.42. The Morgan fingerprint density at radius 2 is 1.80 bits per heavy atom. The van der Waals surface area contributed by atoms with Crippen LogP contribution >= 0.6 is 11.3 Å². The molecular formula is C20H22N6O3S. The highest BCUT2D eigenvalue weighted by molar-refractivity contribution is 7.14. The van der Waals surface area contributed by atoms with Gasteiger partial charge in [0, 0.05) is 55.7 Å². The molecule has 0 unspecified atom stereocenters. The van der Waals surface area contributed by atoms with E-state index < -0.39 is 0 Å². The molecule has 0 saturated carbocycles. The topological polar surface area (TPSA) is 92.7 Å². The molecule has 1 N–H and O–H groups in total. The lowest BCUT2D eigenvalue weighted by Crippen LogP contribution is -2.49. The van der Waals surface area contributed by atoms with E-state index in [-0.39, 0.29) is 5.91 Å². The lowest BCUT2D eigenvalue weighted by Gasteiger charge is -2.34. The smallest absolute Gasteiger partial charge is 0.273 e. The van der Waals surface area contributed by atoms with E-state index in [9.17, 15) is 4.79 Å². The third-order valence-corrected chi connectivity index (χ3v) is 5.52. The van der Waals surface area contributed by atoms with Gasteiger partial charge >= 0.3 is 0 Å². The Labute approximate surface area is 178 Å². The normalized spacial score (nSPS) is 13.8. The molecule has 9 nitrogen and oxygen atoms in total. The maximum atomic E-state index is 12.8. The first-order valence-electron chi connectivity index (χ1n) is 9.44. The molecule has 0 aliphatic carbocycles. The van der Waals surface area contributed by atoms with Crippen molar-refractivity contribution in [2.75, 3.05) is 50.6 Å². The van der Waals surface area contributed by atoms with Crippen LogP contribution in [0.25, 0.3) is 0 Å². The highest BCUT2D eigenvalue weighted by Crippen LogP contribution is 2.31. The molecule has 3 heterocycles. The van der Waals surface area contributed by atoms with Gasteiger partial charge in [0.15, 0.2) is 16.6 Å². The molecule has 156 valence electrons. The van der Waals surface area contributed by atoms with E-state index >= 15 is 0 Å². The largest absolute Gasteiger partial charge is 0.493 e. The van der Waals surface area contributed by atoms with Gasteiger partial charge < -0.3 is 24.6 Å². The minimum Gasteiger partial charge on any atom is -0.493 e. The Balaban J connectivity index is 1.38. The van der Waals surface area contributed by atoms with Gasteiger partial charge in [-0.25, -0.2) is 15.0 Å². The first-order chi connectivity index (χ1) is 14.7. The third-order valence-electron chi connectivity index (χ3n) is 4.76. The van der Waals surface area contributed by atoms with Gasteiger partial charge in [-0.3, -0.25) is 4.79 Å². The molecule has 0 spiro atoms. The Morgan fingerprint density at radius 1 is 1.07 bits per heavy atom. The monoisotopic (exact) mass is 426 g/mol. The van der Waals surface area contributed by atoms with Crippen LogP contribution in [0.3, 0.4) is 0 Å². The zero-order valence-corrected chi connectivity index (χ0v) is 17.6. The van der Waals surface area contributed by atoms with E-state index in [0.29, 0.717) is 54.5 Å². The molecule has 0 atom stereocenters. The quantitative estimate of drug-likeness (QED) is 0.643. The zero-order valence-electron chi connectivity index (χ0n) is 16.7. The van der Waals surface area contributed by atoms with Crippen LogP contribution < -0.4 is 19.7 Å². The summed E-state index contributed by atoms with van der Waals surface area (Å²) in [5.41, 5.74) is 1.24. The molecular weight excluding hydrogens is 404 g/mol. The molecule has 0 radical (unpaired) electrons. The number of rotatable bonds is 6. The predicted molar refractivity (Wildman–Crippen MR) is 115 cm³/mol. The number of nitrogens with zero attached hydrogens (tertiary/aromatic N) is 5. The number of amides is 1. The van der Waals surface area contributed by atoms with Crippen molar-refractivity contribution in [3.63, 3.8) is 0 Å². The number of aromatic nitrogens is 3. The van der Waals surface area contributed by atoms with Gasteiger partial charge in [0.2, 0.25) is 5.95 Å². The van der Waals surface area contributed by atoms with Crippen LogP contribution in [0.15, 0.2) is 42.0 Å². The summed E-state index contributed by atoms with van der Waals surface area (Å²) in [4.78, 5) is 29.7. The third kappa shape index (κ3) is 4.28. The van der Waals surface area contributed by atoms with Crippen molar-refractivity contribution >= 4 is 34.0 Å². The van der Waals surface area contributed by atoms with Crippen LogP contribution in [0.2, 0.25) is 0 Å². The molecule has 30 heavy (non-hydrogen) atoms. The van der Waals surface area contributed by atoms with Gasteiger partial charge in [0.25, 0.3) is 5.91 Å². The summed E-state index contributed by atoms with van der Waals surface area (Å²) in [7, 11) is 3.18. The number of methoxy groups -OCH3 is 2. The average molecular weight is 427 g/mol. The van der Waals surface area contributed by atoms with Crippen molar-refractivity contribution in [1.29, 1.82) is 0 Å². The minimum absolute atomic E-state index is 0.0692. The number of thiazole rings is 1. The van der Waals surface area contributed by atoms with Crippen LogP contribution in [-0.2, 0) is 0 Å². The fraction of sp³-hybridized carbons (Fsp3) is 0.300. The summed E-state index contributed by atoms with van der Waals surface area (Å²) in [6, 6.07) is 7.30. The molecule has 1 amide bonds. The zero-order chi connectivity index (χ0) is 20.9. The highest BCUT2D eigenvalue weighted by atomic mass is 32.1. The summed E-state index contributed by atoms with van der Waals surface area (Å²) in [5, 5.41) is 5.63. The standard InChI is InChI=1S/C20H22N6O3S/c1-28-16-5-4-14(12-17(16)29-2)23-20-24-15(13-30-20)18(27)25-8-10-26(11-9-25)19-21-6-3-7-22-19/h3-7,12-13H,8-11H2,1-2H3,(H,23,24). The van der Waals surface area contributed by atoms with E-state index in [0.717, 1.165) is 5.69 Å². The van der Waals surface area contributed by atoms with Crippen LogP contribution in [0, 0.1) is 0 Å². The van der Waals surface area contributed by atoms with E-state index in [1.165, 1.54) is 11.3 Å². The fourth-order valence-electron chi connectivity index (χ4n) is 3.19. The van der Waals surface area contributed by atoms with E-state index in [1.54, 1.807) is 38.1 Å². The number of carbonyl (C=O) groups excluding carboxylic acids is 1. The highest BCUT2D eigenvalue weighted by Gasteiger charge is 2.25. The molecule has 1 aliphatic rings. The van der Waals surface area contributed by atoms with Crippen molar-refractivity contribution in [1.82, 2.24) is 19.9 Å². The summed E-state index contributed by atoms with van der Waals surface area (Å²) < 4.78 is 10.6. The van der Waals surface area contributed by atoms with Gasteiger partial charge in [0.1, 0.15) is 5.69 Å². The van der Waals surface area contributed by atoms with Gasteiger partial charge in [-0.05, 0) is 18.2 Å². The average Bonchev–Trinajstić information content (AvgIpc) is 3.27. The van der Waals surface area contributed by atoms with E-state index in [2.05, 4.69) is 25.2 Å². The Kier molecular flexibility index (Phi) is 5.94. The predicted octanol–water partition coefficient (Wildman–Crippen LogP) is 2.66. The number of hydrogen-bond donors (Lipinski definition) is 1. The van der Waals surface area contributed by atoms with Gasteiger partial charge in [-0.15, -0.1) is 11.3 Å². The van der Waals surface area contributed by atoms with Crippen LogP contribution in [-0.4, -0.2) is 66.2 Å². The Morgan fingerprint density at radius 3 is 2.50 bits per heavy atom. The lowest BCUT2D eigenvalue weighted by molar-refractivity contribution is 0.0741. The van der Waals surface area contributed by atoms with Crippen molar-refractivity contribution in [3.8, 4) is 11.5 Å². The van der Waals surface area contributed by atoms with Gasteiger partial charge in [-0.1, -0.05) is 0 Å². The molecule has 1 fully saturated rings. The second-order valence-electron chi connectivity index (χ2n) is 6.56. The number of carbonyl (C=O) groups is 1. The summed E-state index contributed by atoms with van der Waals surface area (Å²) in [6.07, 6.45) is 3.45. The summed E-state index contributed by atoms with van der Waals surface area (Å²) >= 11 is 1.39. The van der Waals surface area contributed by atoms with Crippen LogP contribution in [0.4, 0.5) is 16.8 Å². The molecule has 4 rings (SSSR count). The number of anilines is 3. The SMILES string of the molecule is COc1ccc(Nc2nc(C(=O)N3CCN(c4ncccn4)CC3)cs2)cc1OC. The van der Waals surface area contributed by atoms with Crippen molar-refractivity contribution in [2.24, 2.45) is 0 Å². The molecule has 0 bridgehead atoms. The number of ether oxygens (including phenoxy) is 2. The molecule has 1 saturated heterocycles. The number of hydrogen-bond acceptors (Lipinski definition) is 9. The van der Waals surface area contributed by atoms with Crippen molar-refractivity contribution < 1.29 is 14.3 Å². The lowest BCUT2D eigenvalue weighted by atomic mass is 10.3. The van der Waals surface area contributed by atoms with Crippen molar-refractivity contribution in [3.05, 3.63) is 47.7 Å². The number of nitrogens with one attached hydrogen (secondary N) is 1. The van der Waals surface area contributed by atoms with E-state index in [1.807, 2.05) is 23.1 Å². The number of piperazine rings is 1. The molecule has 3 aromatic rings. The van der Waals surface area contributed by atoms with E-state index in [4.69, 9.17) is 9.47 Å². The first kappa shape index (κ1) is 19.9. The Hall–Kier alpha value is -3.40. The molecule has 1 aromatic carbocycles. The maximum Gasteiger partial charge on any atom is 0.273 e. The molecule has 1 aliphatic heterocycles. The first-order valence-corrected chi connectivity index (χ1v) is 10.3. The van der Waals surface area contributed by atoms with Crippen LogP contribution in [0.5, 0.6) is 11.5 Å². The van der Waals surface area contributed by atoms with Gasteiger partial charge in [-0.2, -0.15) is 0 Å². The fourth-order valence-corrected chi connectivity index (χ4v) is 3.90. The molecule has 10 heteroatoms. The minimum atomic E-state index is -0.0692. The van der Waals surface area contributed by atoms with Gasteiger partial charge in [0.05, 0.1) is 14.2 Å².